The summed E-state index contributed by atoms with van der Waals surface area (Å²) in [5, 5.41) is 3.35. The quantitative estimate of drug-likeness (QED) is 0.609. The summed E-state index contributed by atoms with van der Waals surface area (Å²) < 4.78 is 42.5. The molecule has 1 aliphatic carbocycles. The van der Waals surface area contributed by atoms with Crippen LogP contribution in [0.15, 0.2) is 43.1 Å². The van der Waals surface area contributed by atoms with Gasteiger partial charge in [0.05, 0.1) is 17.4 Å². The predicted molar refractivity (Wildman–Crippen MR) is 106 cm³/mol. The Labute approximate surface area is 164 Å². The number of hydrogen-bond acceptors (Lipinski definition) is 2. The second-order valence-corrected chi connectivity index (χ2v) is 8.16. The molecule has 1 aromatic heterocycles. The molecular weight excluding hydrogens is 361 g/mol. The highest BCUT2D eigenvalue weighted by Crippen LogP contribution is 2.48. The summed E-state index contributed by atoms with van der Waals surface area (Å²) in [6, 6.07) is 7.73. The lowest BCUT2D eigenvalue weighted by Gasteiger charge is -2.36. The molecule has 1 aromatic carbocycles. The van der Waals surface area contributed by atoms with Crippen molar-refractivity contribution >= 4 is 5.70 Å². The summed E-state index contributed by atoms with van der Waals surface area (Å²) >= 11 is 0. The Kier molecular flexibility index (Phi) is 5.55. The van der Waals surface area contributed by atoms with Gasteiger partial charge in [-0.15, -0.1) is 0 Å². The number of hydrogen-bond donors (Lipinski definition) is 1. The normalized spacial score (nSPS) is 17.4. The molecule has 1 N–H and O–H groups in total. The van der Waals surface area contributed by atoms with Crippen molar-refractivity contribution in [2.45, 2.75) is 58.4 Å². The lowest BCUT2D eigenvalue weighted by molar-refractivity contribution is 0.0167. The third kappa shape index (κ3) is 3.94. The van der Waals surface area contributed by atoms with Gasteiger partial charge in [-0.2, -0.15) is 0 Å². The van der Waals surface area contributed by atoms with E-state index in [0.717, 1.165) is 32.6 Å². The van der Waals surface area contributed by atoms with E-state index in [1.807, 2.05) is 6.07 Å². The van der Waals surface area contributed by atoms with E-state index in [9.17, 15) is 13.2 Å². The van der Waals surface area contributed by atoms with E-state index in [0.29, 0.717) is 22.5 Å². The molecule has 0 bridgehead atoms. The van der Waals surface area contributed by atoms with E-state index in [4.69, 9.17) is 0 Å². The standard InChI is InChI=1S/C23H27F3N2/c1-15-18(23(4,25)26)11-14-27-20(15)16(2)28-21(22(3)12-7-8-13-22)17-9-5-6-10-19(17)24/h5-6,9-11,14,21,28H,2,7-8,12-13H2,1,3-4H3. The van der Waals surface area contributed by atoms with Crippen LogP contribution in [0.4, 0.5) is 13.2 Å². The van der Waals surface area contributed by atoms with Crippen molar-refractivity contribution < 1.29 is 13.2 Å². The molecular formula is C23H27F3N2. The van der Waals surface area contributed by atoms with Crippen molar-refractivity contribution in [3.63, 3.8) is 0 Å². The first-order valence-corrected chi connectivity index (χ1v) is 9.67. The van der Waals surface area contributed by atoms with Crippen LogP contribution in [0.1, 0.15) is 68.0 Å². The van der Waals surface area contributed by atoms with Gasteiger partial charge in [-0.05, 0) is 42.9 Å². The van der Waals surface area contributed by atoms with Crippen molar-refractivity contribution in [2.24, 2.45) is 5.41 Å². The van der Waals surface area contributed by atoms with E-state index in [1.54, 1.807) is 19.1 Å². The zero-order chi connectivity index (χ0) is 20.5. The number of benzene rings is 1. The van der Waals surface area contributed by atoms with Crippen molar-refractivity contribution in [2.75, 3.05) is 0 Å². The lowest BCUT2D eigenvalue weighted by Crippen LogP contribution is -2.34. The first-order chi connectivity index (χ1) is 13.1. The number of rotatable bonds is 6. The summed E-state index contributed by atoms with van der Waals surface area (Å²) in [6.45, 7) is 8.71. The average Bonchev–Trinajstić information content (AvgIpc) is 3.07. The van der Waals surface area contributed by atoms with Crippen molar-refractivity contribution in [3.8, 4) is 0 Å². The average molecular weight is 388 g/mol. The second-order valence-electron chi connectivity index (χ2n) is 8.16. The minimum absolute atomic E-state index is 0.0741. The molecule has 0 amide bonds. The Morgan fingerprint density at radius 1 is 1.21 bits per heavy atom. The molecule has 1 aliphatic rings. The molecule has 1 atom stereocenters. The highest BCUT2D eigenvalue weighted by atomic mass is 19.3. The molecule has 0 radical (unpaired) electrons. The Morgan fingerprint density at radius 3 is 2.46 bits per heavy atom. The van der Waals surface area contributed by atoms with Crippen molar-refractivity contribution in [1.82, 2.24) is 10.3 Å². The largest absolute Gasteiger partial charge is 0.376 e. The lowest BCUT2D eigenvalue weighted by atomic mass is 9.77. The number of nitrogens with zero attached hydrogens (tertiary/aromatic N) is 1. The van der Waals surface area contributed by atoms with Crippen LogP contribution < -0.4 is 5.32 Å². The molecule has 0 saturated heterocycles. The molecule has 1 fully saturated rings. The smallest absolute Gasteiger partial charge is 0.270 e. The molecule has 28 heavy (non-hydrogen) atoms. The maximum absolute atomic E-state index is 14.6. The highest BCUT2D eigenvalue weighted by molar-refractivity contribution is 5.63. The van der Waals surface area contributed by atoms with E-state index in [1.165, 1.54) is 18.3 Å². The van der Waals surface area contributed by atoms with Crippen LogP contribution in [0.2, 0.25) is 0 Å². The maximum Gasteiger partial charge on any atom is 0.270 e. The number of nitrogens with one attached hydrogen (secondary N) is 1. The predicted octanol–water partition coefficient (Wildman–Crippen LogP) is 6.52. The zero-order valence-corrected chi connectivity index (χ0v) is 16.7. The number of alkyl halides is 2. The molecule has 1 unspecified atom stereocenters. The van der Waals surface area contributed by atoms with Gasteiger partial charge in [-0.1, -0.05) is 44.5 Å². The minimum atomic E-state index is -2.97. The monoisotopic (exact) mass is 388 g/mol. The summed E-state index contributed by atoms with van der Waals surface area (Å²) in [4.78, 5) is 4.28. The first kappa shape index (κ1) is 20.4. The molecule has 3 rings (SSSR count). The fourth-order valence-corrected chi connectivity index (χ4v) is 4.37. The van der Waals surface area contributed by atoms with Crippen LogP contribution in [-0.2, 0) is 5.92 Å². The van der Waals surface area contributed by atoms with E-state index < -0.39 is 5.92 Å². The number of aromatic nitrogens is 1. The van der Waals surface area contributed by atoms with Gasteiger partial charge in [0.25, 0.3) is 5.92 Å². The minimum Gasteiger partial charge on any atom is -0.376 e. The first-order valence-electron chi connectivity index (χ1n) is 9.67. The molecule has 2 nitrogen and oxygen atoms in total. The van der Waals surface area contributed by atoms with Crippen LogP contribution >= 0.6 is 0 Å². The van der Waals surface area contributed by atoms with Crippen LogP contribution in [-0.4, -0.2) is 4.98 Å². The Morgan fingerprint density at radius 2 is 1.86 bits per heavy atom. The molecule has 150 valence electrons. The fraction of sp³-hybridized carbons (Fsp3) is 0.435. The highest BCUT2D eigenvalue weighted by Gasteiger charge is 2.39. The van der Waals surface area contributed by atoms with E-state index in [-0.39, 0.29) is 22.8 Å². The third-order valence-electron chi connectivity index (χ3n) is 5.94. The second kappa shape index (κ2) is 7.61. The van der Waals surface area contributed by atoms with Gasteiger partial charge in [0.15, 0.2) is 0 Å². The van der Waals surface area contributed by atoms with Gasteiger partial charge in [0, 0.05) is 24.2 Å². The molecule has 1 heterocycles. The summed E-state index contributed by atoms with van der Waals surface area (Å²) in [5.74, 6) is -3.25. The molecule has 0 spiro atoms. The number of halogens is 3. The maximum atomic E-state index is 14.6. The van der Waals surface area contributed by atoms with Crippen LogP contribution in [0.25, 0.3) is 5.70 Å². The van der Waals surface area contributed by atoms with Gasteiger partial charge < -0.3 is 5.32 Å². The molecule has 1 saturated carbocycles. The van der Waals surface area contributed by atoms with Gasteiger partial charge in [0.1, 0.15) is 5.82 Å². The molecule has 0 aliphatic heterocycles. The van der Waals surface area contributed by atoms with Gasteiger partial charge in [-0.25, -0.2) is 13.2 Å². The van der Waals surface area contributed by atoms with Gasteiger partial charge in [-0.3, -0.25) is 4.98 Å². The molecule has 5 heteroatoms. The zero-order valence-electron chi connectivity index (χ0n) is 16.7. The SMILES string of the molecule is C=C(NC(c1ccccc1F)C1(C)CCCC1)c1nccc(C(C)(F)F)c1C. The van der Waals surface area contributed by atoms with Crippen molar-refractivity contribution in [3.05, 3.63) is 71.3 Å². The Hall–Kier alpha value is -2.30. The van der Waals surface area contributed by atoms with Crippen LogP contribution in [0.5, 0.6) is 0 Å². The van der Waals surface area contributed by atoms with Crippen LogP contribution in [0.3, 0.4) is 0 Å². The van der Waals surface area contributed by atoms with Crippen molar-refractivity contribution in [1.29, 1.82) is 0 Å². The van der Waals surface area contributed by atoms with E-state index in [2.05, 4.69) is 23.8 Å². The van der Waals surface area contributed by atoms with Crippen LogP contribution in [0, 0.1) is 18.2 Å². The topological polar surface area (TPSA) is 24.9 Å². The summed E-state index contributed by atoms with van der Waals surface area (Å²) in [7, 11) is 0. The fourth-order valence-electron chi connectivity index (χ4n) is 4.37. The molecule has 2 aromatic rings. The third-order valence-corrected chi connectivity index (χ3v) is 5.94. The Balaban J connectivity index is 1.98. The summed E-state index contributed by atoms with van der Waals surface area (Å²) in [5.41, 5.74) is 1.56. The van der Waals surface area contributed by atoms with Gasteiger partial charge in [0.2, 0.25) is 0 Å². The summed E-state index contributed by atoms with van der Waals surface area (Å²) in [6.07, 6.45) is 5.48. The van der Waals surface area contributed by atoms with Gasteiger partial charge >= 0.3 is 0 Å². The van der Waals surface area contributed by atoms with E-state index >= 15 is 0 Å². The number of pyridine rings is 1. The Bertz CT molecular complexity index is 864.